The van der Waals surface area contributed by atoms with Gasteiger partial charge in [-0.15, -0.1) is 6.42 Å². The summed E-state index contributed by atoms with van der Waals surface area (Å²) in [5.41, 5.74) is 0.646. The van der Waals surface area contributed by atoms with Crippen molar-refractivity contribution < 1.29 is 0 Å². The van der Waals surface area contributed by atoms with Gasteiger partial charge in [-0.05, 0) is 24.3 Å². The van der Waals surface area contributed by atoms with E-state index in [9.17, 15) is 9.59 Å². The normalized spacial score (nSPS) is 9.06. The molecule has 0 saturated carbocycles. The maximum atomic E-state index is 11.4. The first kappa shape index (κ1) is 11.5. The molecule has 0 amide bonds. The van der Waals surface area contributed by atoms with Crippen LogP contribution < -0.4 is 11.2 Å². The summed E-state index contributed by atoms with van der Waals surface area (Å²) in [5.74, 6) is 7.99. The van der Waals surface area contributed by atoms with Gasteiger partial charge in [-0.2, -0.15) is 0 Å². The molecule has 0 aliphatic heterocycles. The minimum Gasteiger partial charge on any atom is -0.313 e. The van der Waals surface area contributed by atoms with Gasteiger partial charge in [-0.25, -0.2) is 4.79 Å². The van der Waals surface area contributed by atoms with Gasteiger partial charge < -0.3 is 4.98 Å². The topological polar surface area (TPSA) is 65.7 Å². The third-order valence-electron chi connectivity index (χ3n) is 2.21. The summed E-state index contributed by atoms with van der Waals surface area (Å²) in [6.45, 7) is 0. The maximum Gasteiger partial charge on any atom is 0.325 e. The highest BCUT2D eigenvalue weighted by Crippen LogP contribution is 2.01. The molecule has 0 radical (unpaired) electrons. The second-order valence-electron chi connectivity index (χ2n) is 3.46. The van der Waals surface area contributed by atoms with E-state index in [2.05, 4.69) is 27.7 Å². The molecule has 0 aliphatic rings. The minimum absolute atomic E-state index is 0.204. The van der Waals surface area contributed by atoms with Crippen molar-refractivity contribution in [2.24, 2.45) is 0 Å². The van der Waals surface area contributed by atoms with Crippen molar-refractivity contribution in [2.45, 2.75) is 0 Å². The van der Waals surface area contributed by atoms with E-state index in [1.54, 1.807) is 24.3 Å². The zero-order valence-electron chi connectivity index (χ0n) is 9.28. The predicted molar refractivity (Wildman–Crippen MR) is 68.0 cm³/mol. The Hall–Kier alpha value is -2.98. The molecule has 0 aliphatic carbocycles. The van der Waals surface area contributed by atoms with Gasteiger partial charge >= 0.3 is 5.69 Å². The fourth-order valence-electron chi connectivity index (χ4n) is 1.29. The molecular formula is C14H8N2O2. The predicted octanol–water partition coefficient (Wildman–Crippen LogP) is 0.444. The summed E-state index contributed by atoms with van der Waals surface area (Å²) in [7, 11) is 0. The summed E-state index contributed by atoms with van der Waals surface area (Å²) in [6, 6.07) is 7.06. The number of hydrogen-bond donors (Lipinski definition) is 2. The molecule has 2 rings (SSSR count). The number of H-pyrrole nitrogens is 2. The SMILES string of the molecule is C#Cc1ccc(C#Cc2c[nH]c(=O)[nH]c2=O)cc1. The number of aromatic amines is 2. The van der Waals surface area contributed by atoms with Gasteiger partial charge in [0.05, 0.1) is 0 Å². The van der Waals surface area contributed by atoms with Crippen LogP contribution >= 0.6 is 0 Å². The van der Waals surface area contributed by atoms with E-state index in [1.165, 1.54) is 6.20 Å². The first-order valence-electron chi connectivity index (χ1n) is 5.10. The van der Waals surface area contributed by atoms with Crippen LogP contribution in [0.4, 0.5) is 0 Å². The molecular weight excluding hydrogens is 228 g/mol. The van der Waals surface area contributed by atoms with Gasteiger partial charge in [0.2, 0.25) is 0 Å². The maximum absolute atomic E-state index is 11.4. The fourth-order valence-corrected chi connectivity index (χ4v) is 1.29. The highest BCUT2D eigenvalue weighted by atomic mass is 16.2. The van der Waals surface area contributed by atoms with Crippen LogP contribution in [-0.4, -0.2) is 9.97 Å². The summed E-state index contributed by atoms with van der Waals surface area (Å²) in [6.07, 6.45) is 6.52. The number of terminal acetylenes is 1. The Morgan fingerprint density at radius 2 is 1.67 bits per heavy atom. The van der Waals surface area contributed by atoms with Gasteiger partial charge in [0.25, 0.3) is 5.56 Å². The third-order valence-corrected chi connectivity index (χ3v) is 2.21. The monoisotopic (exact) mass is 236 g/mol. The Kier molecular flexibility index (Phi) is 3.13. The van der Waals surface area contributed by atoms with Crippen molar-refractivity contribution in [3.63, 3.8) is 0 Å². The van der Waals surface area contributed by atoms with Gasteiger partial charge in [0.1, 0.15) is 5.56 Å². The van der Waals surface area contributed by atoms with Crippen molar-refractivity contribution in [1.29, 1.82) is 0 Å². The van der Waals surface area contributed by atoms with E-state index < -0.39 is 11.2 Å². The van der Waals surface area contributed by atoms with E-state index in [0.29, 0.717) is 0 Å². The van der Waals surface area contributed by atoms with Crippen molar-refractivity contribution in [3.05, 3.63) is 68.0 Å². The van der Waals surface area contributed by atoms with Crippen molar-refractivity contribution in [3.8, 4) is 24.2 Å². The molecule has 4 nitrogen and oxygen atoms in total. The molecule has 2 N–H and O–H groups in total. The van der Waals surface area contributed by atoms with Crippen LogP contribution in [0.2, 0.25) is 0 Å². The summed E-state index contributed by atoms with van der Waals surface area (Å²) < 4.78 is 0. The Labute approximate surface area is 103 Å². The molecule has 1 heterocycles. The molecule has 2 aromatic rings. The molecule has 0 bridgehead atoms. The Morgan fingerprint density at radius 1 is 1.00 bits per heavy atom. The first-order valence-corrected chi connectivity index (χ1v) is 5.10. The molecule has 18 heavy (non-hydrogen) atoms. The molecule has 0 fully saturated rings. The molecule has 1 aromatic carbocycles. The highest BCUT2D eigenvalue weighted by Gasteiger charge is 1.95. The van der Waals surface area contributed by atoms with Crippen LogP contribution in [-0.2, 0) is 0 Å². The molecule has 0 atom stereocenters. The lowest BCUT2D eigenvalue weighted by Gasteiger charge is -1.91. The summed E-state index contributed by atoms with van der Waals surface area (Å²) in [5, 5.41) is 0. The Morgan fingerprint density at radius 3 is 2.28 bits per heavy atom. The lowest BCUT2D eigenvalue weighted by atomic mass is 10.1. The average molecular weight is 236 g/mol. The number of rotatable bonds is 0. The summed E-state index contributed by atoms with van der Waals surface area (Å²) >= 11 is 0. The number of aromatic nitrogens is 2. The van der Waals surface area contributed by atoms with E-state index in [4.69, 9.17) is 6.42 Å². The van der Waals surface area contributed by atoms with E-state index in [-0.39, 0.29) is 5.56 Å². The van der Waals surface area contributed by atoms with Crippen LogP contribution in [0.5, 0.6) is 0 Å². The van der Waals surface area contributed by atoms with Gasteiger partial charge in [-0.3, -0.25) is 9.78 Å². The lowest BCUT2D eigenvalue weighted by molar-refractivity contribution is 1.03. The van der Waals surface area contributed by atoms with Crippen molar-refractivity contribution in [1.82, 2.24) is 9.97 Å². The largest absolute Gasteiger partial charge is 0.325 e. The number of benzene rings is 1. The number of hydrogen-bond acceptors (Lipinski definition) is 2. The van der Waals surface area contributed by atoms with Crippen LogP contribution in [0.15, 0.2) is 40.1 Å². The van der Waals surface area contributed by atoms with Gasteiger partial charge in [0.15, 0.2) is 0 Å². The second-order valence-corrected chi connectivity index (χ2v) is 3.46. The van der Waals surface area contributed by atoms with Crippen LogP contribution in [0.3, 0.4) is 0 Å². The molecule has 0 spiro atoms. The van der Waals surface area contributed by atoms with Crippen molar-refractivity contribution >= 4 is 0 Å². The molecule has 1 aromatic heterocycles. The lowest BCUT2D eigenvalue weighted by Crippen LogP contribution is -2.23. The van der Waals surface area contributed by atoms with Crippen molar-refractivity contribution in [2.75, 3.05) is 0 Å². The molecule has 4 heteroatoms. The second kappa shape index (κ2) is 4.90. The number of nitrogens with one attached hydrogen (secondary N) is 2. The molecule has 86 valence electrons. The molecule has 0 unspecified atom stereocenters. The first-order chi connectivity index (χ1) is 8.69. The van der Waals surface area contributed by atoms with E-state index in [1.807, 2.05) is 0 Å². The van der Waals surface area contributed by atoms with Crippen LogP contribution in [0.25, 0.3) is 0 Å². The zero-order valence-corrected chi connectivity index (χ0v) is 9.28. The smallest absolute Gasteiger partial charge is 0.313 e. The van der Waals surface area contributed by atoms with E-state index >= 15 is 0 Å². The third kappa shape index (κ3) is 2.58. The Balaban J connectivity index is 2.34. The highest BCUT2D eigenvalue weighted by molar-refractivity contribution is 5.44. The van der Waals surface area contributed by atoms with Crippen LogP contribution in [0.1, 0.15) is 16.7 Å². The van der Waals surface area contributed by atoms with E-state index in [0.717, 1.165) is 11.1 Å². The quantitative estimate of drug-likeness (QED) is 0.652. The fraction of sp³-hybridized carbons (Fsp3) is 0. The summed E-state index contributed by atoms with van der Waals surface area (Å²) in [4.78, 5) is 26.6. The average Bonchev–Trinajstić information content (AvgIpc) is 2.38. The van der Waals surface area contributed by atoms with Gasteiger partial charge in [-0.1, -0.05) is 17.8 Å². The Bertz CT molecular complexity index is 778. The standard InChI is InChI=1S/C14H8N2O2/c1-2-10-3-5-11(6-4-10)7-8-12-9-15-14(18)16-13(12)17/h1,3-6,9H,(H2,15,16,17,18). The molecule has 0 saturated heterocycles. The van der Waals surface area contributed by atoms with Crippen LogP contribution in [0, 0.1) is 24.2 Å². The van der Waals surface area contributed by atoms with Gasteiger partial charge in [0, 0.05) is 17.3 Å². The minimum atomic E-state index is -0.552. The zero-order chi connectivity index (χ0) is 13.0.